The van der Waals surface area contributed by atoms with Crippen molar-refractivity contribution < 1.29 is 14.3 Å². The van der Waals surface area contributed by atoms with Gasteiger partial charge in [-0.3, -0.25) is 9.59 Å². The van der Waals surface area contributed by atoms with Gasteiger partial charge in [-0.25, -0.2) is 0 Å². The van der Waals surface area contributed by atoms with Crippen LogP contribution in [0, 0.1) is 5.92 Å². The van der Waals surface area contributed by atoms with E-state index in [2.05, 4.69) is 0 Å². The van der Waals surface area contributed by atoms with Gasteiger partial charge in [0.2, 0.25) is 5.91 Å². The van der Waals surface area contributed by atoms with Gasteiger partial charge in [0.05, 0.1) is 19.6 Å². The van der Waals surface area contributed by atoms with E-state index in [1.807, 2.05) is 38.1 Å². The van der Waals surface area contributed by atoms with Gasteiger partial charge in [0, 0.05) is 24.6 Å². The molecule has 20 heavy (non-hydrogen) atoms. The zero-order chi connectivity index (χ0) is 14.5. The molecule has 1 aromatic carbocycles. The van der Waals surface area contributed by atoms with Crippen LogP contribution in [0.5, 0.6) is 0 Å². The van der Waals surface area contributed by atoms with Crippen molar-refractivity contribution in [3.8, 4) is 0 Å². The zero-order valence-electron chi connectivity index (χ0n) is 12.1. The lowest BCUT2D eigenvalue weighted by Crippen LogP contribution is -2.41. The minimum absolute atomic E-state index is 0.0605. The molecule has 1 saturated heterocycles. The van der Waals surface area contributed by atoms with Crippen LogP contribution in [-0.2, 0) is 16.0 Å². The van der Waals surface area contributed by atoms with Crippen molar-refractivity contribution in [2.45, 2.75) is 20.3 Å². The lowest BCUT2D eigenvalue weighted by Gasteiger charge is -2.27. The molecule has 2 rings (SSSR count). The SMILES string of the molecule is CC(C)C(=O)c1ccccc1CC(=O)N1CCOCC1. The first-order valence-electron chi connectivity index (χ1n) is 7.07. The molecule has 1 aromatic rings. The number of morpholine rings is 1. The van der Waals surface area contributed by atoms with Crippen LogP contribution >= 0.6 is 0 Å². The number of ether oxygens (including phenoxy) is 1. The number of benzene rings is 1. The second kappa shape index (κ2) is 6.66. The number of ketones is 1. The Labute approximate surface area is 119 Å². The number of rotatable bonds is 4. The first-order chi connectivity index (χ1) is 9.59. The number of hydrogen-bond donors (Lipinski definition) is 0. The summed E-state index contributed by atoms with van der Waals surface area (Å²) >= 11 is 0. The van der Waals surface area contributed by atoms with Crippen LogP contribution in [0.1, 0.15) is 29.8 Å². The molecule has 0 N–H and O–H groups in total. The third kappa shape index (κ3) is 3.45. The molecule has 1 aliphatic heterocycles. The predicted octanol–water partition coefficient (Wildman–Crippen LogP) is 1.93. The highest BCUT2D eigenvalue weighted by atomic mass is 16.5. The van der Waals surface area contributed by atoms with Crippen LogP contribution in [0.4, 0.5) is 0 Å². The fourth-order valence-corrected chi connectivity index (χ4v) is 2.31. The predicted molar refractivity (Wildman–Crippen MR) is 76.7 cm³/mol. The normalized spacial score (nSPS) is 15.4. The number of amides is 1. The molecular weight excluding hydrogens is 254 g/mol. The van der Waals surface area contributed by atoms with E-state index in [0.29, 0.717) is 31.9 Å². The van der Waals surface area contributed by atoms with Gasteiger partial charge in [0.25, 0.3) is 0 Å². The maximum Gasteiger partial charge on any atom is 0.227 e. The average Bonchev–Trinajstić information content (AvgIpc) is 2.48. The summed E-state index contributed by atoms with van der Waals surface area (Å²) in [5.41, 5.74) is 1.49. The van der Waals surface area contributed by atoms with Crippen LogP contribution in [-0.4, -0.2) is 42.9 Å². The molecule has 4 heteroatoms. The number of nitrogens with zero attached hydrogens (tertiary/aromatic N) is 1. The summed E-state index contributed by atoms with van der Waals surface area (Å²) in [5, 5.41) is 0. The van der Waals surface area contributed by atoms with Crippen molar-refractivity contribution >= 4 is 11.7 Å². The van der Waals surface area contributed by atoms with Gasteiger partial charge in [-0.1, -0.05) is 38.1 Å². The largest absolute Gasteiger partial charge is 0.378 e. The molecule has 0 aromatic heterocycles. The Morgan fingerprint density at radius 2 is 1.85 bits per heavy atom. The van der Waals surface area contributed by atoms with E-state index in [-0.39, 0.29) is 24.0 Å². The van der Waals surface area contributed by atoms with Gasteiger partial charge in [0.15, 0.2) is 5.78 Å². The van der Waals surface area contributed by atoms with Crippen LogP contribution in [0.15, 0.2) is 24.3 Å². The summed E-state index contributed by atoms with van der Waals surface area (Å²) in [4.78, 5) is 26.3. The minimum atomic E-state index is -0.0605. The third-order valence-corrected chi connectivity index (χ3v) is 3.51. The van der Waals surface area contributed by atoms with Crippen LogP contribution in [0.2, 0.25) is 0 Å². The average molecular weight is 275 g/mol. The molecule has 108 valence electrons. The van der Waals surface area contributed by atoms with Gasteiger partial charge in [0.1, 0.15) is 0 Å². The van der Waals surface area contributed by atoms with Crippen molar-refractivity contribution in [3.05, 3.63) is 35.4 Å². The smallest absolute Gasteiger partial charge is 0.227 e. The number of carbonyl (C=O) groups excluding carboxylic acids is 2. The molecule has 0 atom stereocenters. The Kier molecular flexibility index (Phi) is 4.90. The fraction of sp³-hybridized carbons (Fsp3) is 0.500. The number of hydrogen-bond acceptors (Lipinski definition) is 3. The first-order valence-corrected chi connectivity index (χ1v) is 7.07. The Morgan fingerprint density at radius 3 is 2.50 bits per heavy atom. The highest BCUT2D eigenvalue weighted by Gasteiger charge is 2.20. The second-order valence-electron chi connectivity index (χ2n) is 5.35. The molecule has 1 aliphatic rings. The van der Waals surface area contributed by atoms with E-state index in [1.54, 1.807) is 4.90 Å². The van der Waals surface area contributed by atoms with Crippen molar-refractivity contribution in [2.24, 2.45) is 5.92 Å². The van der Waals surface area contributed by atoms with E-state index in [4.69, 9.17) is 4.74 Å². The monoisotopic (exact) mass is 275 g/mol. The highest BCUT2D eigenvalue weighted by Crippen LogP contribution is 2.16. The Balaban J connectivity index is 2.12. The molecule has 0 unspecified atom stereocenters. The molecule has 1 fully saturated rings. The van der Waals surface area contributed by atoms with Crippen molar-refractivity contribution in [2.75, 3.05) is 26.3 Å². The summed E-state index contributed by atoms with van der Waals surface area (Å²) in [6, 6.07) is 7.40. The molecule has 4 nitrogen and oxygen atoms in total. The second-order valence-corrected chi connectivity index (χ2v) is 5.35. The summed E-state index contributed by atoms with van der Waals surface area (Å²) < 4.78 is 5.25. The Bertz CT molecular complexity index is 490. The topological polar surface area (TPSA) is 46.6 Å². The van der Waals surface area contributed by atoms with Gasteiger partial charge in [-0.2, -0.15) is 0 Å². The van der Waals surface area contributed by atoms with Crippen LogP contribution < -0.4 is 0 Å². The lowest BCUT2D eigenvalue weighted by atomic mass is 9.94. The molecule has 0 aliphatic carbocycles. The summed E-state index contributed by atoms with van der Waals surface area (Å²) in [5.74, 6) is 0.0994. The van der Waals surface area contributed by atoms with Crippen molar-refractivity contribution in [1.29, 1.82) is 0 Å². The standard InChI is InChI=1S/C16H21NO3/c1-12(2)16(19)14-6-4-3-5-13(14)11-15(18)17-7-9-20-10-8-17/h3-6,12H,7-11H2,1-2H3. The molecule has 1 amide bonds. The van der Waals surface area contributed by atoms with Crippen LogP contribution in [0.3, 0.4) is 0 Å². The molecule has 1 heterocycles. The van der Waals surface area contributed by atoms with Gasteiger partial charge in [-0.15, -0.1) is 0 Å². The quantitative estimate of drug-likeness (QED) is 0.789. The highest BCUT2D eigenvalue weighted by molar-refractivity contribution is 5.99. The first kappa shape index (κ1) is 14.7. The van der Waals surface area contributed by atoms with E-state index < -0.39 is 0 Å². The lowest BCUT2D eigenvalue weighted by molar-refractivity contribution is -0.134. The number of Topliss-reactive ketones (excluding diaryl/α,β-unsaturated/α-hetero) is 1. The van der Waals surface area contributed by atoms with Crippen molar-refractivity contribution in [1.82, 2.24) is 4.90 Å². The maximum absolute atomic E-state index is 12.3. The summed E-state index contributed by atoms with van der Waals surface area (Å²) in [6.45, 7) is 6.22. The van der Waals surface area contributed by atoms with E-state index >= 15 is 0 Å². The third-order valence-electron chi connectivity index (χ3n) is 3.51. The van der Waals surface area contributed by atoms with Gasteiger partial charge in [-0.05, 0) is 5.56 Å². The Morgan fingerprint density at radius 1 is 1.20 bits per heavy atom. The molecule has 0 radical (unpaired) electrons. The van der Waals surface area contributed by atoms with E-state index in [1.165, 1.54) is 0 Å². The maximum atomic E-state index is 12.3. The van der Waals surface area contributed by atoms with Crippen molar-refractivity contribution in [3.63, 3.8) is 0 Å². The summed E-state index contributed by atoms with van der Waals surface area (Å²) in [6.07, 6.45) is 0.286. The zero-order valence-corrected chi connectivity index (χ0v) is 12.1. The summed E-state index contributed by atoms with van der Waals surface area (Å²) in [7, 11) is 0. The molecule has 0 saturated carbocycles. The van der Waals surface area contributed by atoms with E-state index in [9.17, 15) is 9.59 Å². The molecule has 0 spiro atoms. The molecular formula is C16H21NO3. The van der Waals surface area contributed by atoms with Gasteiger partial charge < -0.3 is 9.64 Å². The van der Waals surface area contributed by atoms with E-state index in [0.717, 1.165) is 5.56 Å². The molecule has 0 bridgehead atoms. The fourth-order valence-electron chi connectivity index (χ4n) is 2.31. The van der Waals surface area contributed by atoms with Crippen LogP contribution in [0.25, 0.3) is 0 Å². The Hall–Kier alpha value is -1.68. The van der Waals surface area contributed by atoms with Gasteiger partial charge >= 0.3 is 0 Å². The number of carbonyl (C=O) groups is 2. The minimum Gasteiger partial charge on any atom is -0.378 e.